The molecule has 0 aromatic heterocycles. The molecule has 10 heteroatoms. The number of amides is 3. The molecular weight excluding hydrogens is 426 g/mol. The van der Waals surface area contributed by atoms with E-state index >= 15 is 0 Å². The molecule has 0 aliphatic carbocycles. The fraction of sp³-hybridized carbons (Fsp3) is 0.609. The van der Waals surface area contributed by atoms with Crippen LogP contribution in [0, 0.1) is 11.8 Å². The normalized spacial score (nSPS) is 26.1. The third-order valence-electron chi connectivity index (χ3n) is 6.87. The van der Waals surface area contributed by atoms with Gasteiger partial charge in [0.25, 0.3) is 0 Å². The largest absolute Gasteiger partial charge is 0.378 e. The van der Waals surface area contributed by atoms with Gasteiger partial charge in [-0.1, -0.05) is 18.2 Å². The Kier molecular flexibility index (Phi) is 7.79. The highest BCUT2D eigenvalue weighted by Gasteiger charge is 2.42. The average molecular weight is 460 g/mol. The molecule has 3 N–H and O–H groups in total. The van der Waals surface area contributed by atoms with Gasteiger partial charge < -0.3 is 24.8 Å². The van der Waals surface area contributed by atoms with E-state index in [1.54, 1.807) is 15.3 Å². The SMILES string of the molecule is O=C(NO)[C@@H]1C[C@H](CC(=O)N2CCOCC2)CN[C@H]1C(=O)N1CCN(c2ccccc2)CC1. The Morgan fingerprint density at radius 1 is 1.00 bits per heavy atom. The summed E-state index contributed by atoms with van der Waals surface area (Å²) in [6, 6.07) is 9.37. The minimum atomic E-state index is -0.731. The van der Waals surface area contributed by atoms with Crippen molar-refractivity contribution < 1.29 is 24.3 Å². The zero-order valence-electron chi connectivity index (χ0n) is 18.8. The fourth-order valence-corrected chi connectivity index (χ4v) is 4.98. The van der Waals surface area contributed by atoms with Gasteiger partial charge in [-0.3, -0.25) is 19.6 Å². The van der Waals surface area contributed by atoms with Crippen LogP contribution >= 0.6 is 0 Å². The Balaban J connectivity index is 1.34. The number of piperidine rings is 1. The Bertz CT molecular complexity index is 824. The molecule has 0 saturated carbocycles. The molecule has 4 rings (SSSR count). The first-order valence-corrected chi connectivity index (χ1v) is 11.7. The van der Waals surface area contributed by atoms with Crippen LogP contribution in [0.15, 0.2) is 30.3 Å². The molecular formula is C23H33N5O5. The van der Waals surface area contributed by atoms with Crippen LogP contribution in [-0.2, 0) is 19.1 Å². The van der Waals surface area contributed by atoms with Crippen LogP contribution in [0.5, 0.6) is 0 Å². The summed E-state index contributed by atoms with van der Waals surface area (Å²) in [4.78, 5) is 44.2. The van der Waals surface area contributed by atoms with Gasteiger partial charge in [0.1, 0.15) is 0 Å². The number of ether oxygens (including phenoxy) is 1. The van der Waals surface area contributed by atoms with Crippen molar-refractivity contribution in [2.75, 3.05) is 63.9 Å². The van der Waals surface area contributed by atoms with Crippen LogP contribution in [0.2, 0.25) is 0 Å². The Morgan fingerprint density at radius 3 is 2.36 bits per heavy atom. The van der Waals surface area contributed by atoms with Crippen LogP contribution in [0.3, 0.4) is 0 Å². The van der Waals surface area contributed by atoms with Crippen molar-refractivity contribution in [3.8, 4) is 0 Å². The van der Waals surface area contributed by atoms with Gasteiger partial charge in [-0.25, -0.2) is 5.48 Å². The van der Waals surface area contributed by atoms with Gasteiger partial charge in [0.05, 0.1) is 25.2 Å². The molecule has 0 bridgehead atoms. The lowest BCUT2D eigenvalue weighted by molar-refractivity contribution is -0.145. The lowest BCUT2D eigenvalue weighted by atomic mass is 9.81. The molecule has 33 heavy (non-hydrogen) atoms. The number of carbonyl (C=O) groups excluding carboxylic acids is 3. The molecule has 0 radical (unpaired) electrons. The van der Waals surface area contributed by atoms with E-state index in [4.69, 9.17) is 4.74 Å². The first-order chi connectivity index (χ1) is 16.1. The van der Waals surface area contributed by atoms with E-state index in [1.807, 2.05) is 18.2 Å². The highest BCUT2D eigenvalue weighted by molar-refractivity contribution is 5.90. The van der Waals surface area contributed by atoms with Gasteiger partial charge in [-0.15, -0.1) is 0 Å². The zero-order chi connectivity index (χ0) is 23.2. The van der Waals surface area contributed by atoms with Crippen molar-refractivity contribution in [1.82, 2.24) is 20.6 Å². The number of benzene rings is 1. The Morgan fingerprint density at radius 2 is 1.70 bits per heavy atom. The second kappa shape index (κ2) is 11.0. The number of rotatable bonds is 5. The number of nitrogens with zero attached hydrogens (tertiary/aromatic N) is 3. The van der Waals surface area contributed by atoms with E-state index in [0.717, 1.165) is 18.8 Å². The van der Waals surface area contributed by atoms with Crippen LogP contribution < -0.4 is 15.7 Å². The number of anilines is 1. The molecule has 3 fully saturated rings. The van der Waals surface area contributed by atoms with Crippen molar-refractivity contribution in [3.05, 3.63) is 30.3 Å². The molecule has 3 heterocycles. The van der Waals surface area contributed by atoms with Gasteiger partial charge in [0, 0.05) is 51.4 Å². The maximum atomic E-state index is 13.3. The number of nitrogens with one attached hydrogen (secondary N) is 2. The minimum absolute atomic E-state index is 0.0371. The second-order valence-electron chi connectivity index (χ2n) is 8.92. The summed E-state index contributed by atoms with van der Waals surface area (Å²) in [7, 11) is 0. The van der Waals surface area contributed by atoms with Crippen LogP contribution in [0.1, 0.15) is 12.8 Å². The van der Waals surface area contributed by atoms with E-state index in [1.165, 1.54) is 0 Å². The van der Waals surface area contributed by atoms with E-state index in [2.05, 4.69) is 22.3 Å². The highest BCUT2D eigenvalue weighted by atomic mass is 16.5. The van der Waals surface area contributed by atoms with E-state index < -0.39 is 17.9 Å². The van der Waals surface area contributed by atoms with Gasteiger partial charge >= 0.3 is 0 Å². The Hall–Kier alpha value is -2.69. The topological polar surface area (TPSA) is 114 Å². The van der Waals surface area contributed by atoms with Crippen molar-refractivity contribution in [2.45, 2.75) is 18.9 Å². The molecule has 3 amide bonds. The molecule has 3 saturated heterocycles. The predicted octanol–water partition coefficient (Wildman–Crippen LogP) is -0.316. The number of hydrogen-bond acceptors (Lipinski definition) is 7. The lowest BCUT2D eigenvalue weighted by Gasteiger charge is -2.41. The summed E-state index contributed by atoms with van der Waals surface area (Å²) in [5, 5.41) is 12.5. The van der Waals surface area contributed by atoms with Crippen molar-refractivity contribution in [1.29, 1.82) is 0 Å². The predicted molar refractivity (Wildman–Crippen MR) is 121 cm³/mol. The molecule has 3 atom stereocenters. The summed E-state index contributed by atoms with van der Waals surface area (Å²) in [6.45, 7) is 5.29. The molecule has 0 spiro atoms. The molecule has 10 nitrogen and oxygen atoms in total. The monoisotopic (exact) mass is 459 g/mol. The summed E-state index contributed by atoms with van der Waals surface area (Å²) in [5.41, 5.74) is 2.85. The Labute approximate surface area is 193 Å². The van der Waals surface area contributed by atoms with E-state index in [-0.39, 0.29) is 17.7 Å². The summed E-state index contributed by atoms with van der Waals surface area (Å²) < 4.78 is 5.30. The van der Waals surface area contributed by atoms with Crippen LogP contribution in [0.4, 0.5) is 5.69 Å². The van der Waals surface area contributed by atoms with Crippen molar-refractivity contribution in [2.24, 2.45) is 11.8 Å². The van der Waals surface area contributed by atoms with Crippen LogP contribution in [-0.4, -0.2) is 97.8 Å². The second-order valence-corrected chi connectivity index (χ2v) is 8.92. The van der Waals surface area contributed by atoms with E-state index in [0.29, 0.717) is 58.8 Å². The van der Waals surface area contributed by atoms with Gasteiger partial charge in [-0.2, -0.15) is 0 Å². The van der Waals surface area contributed by atoms with Gasteiger partial charge in [0.2, 0.25) is 17.7 Å². The molecule has 3 aliphatic heterocycles. The third kappa shape index (κ3) is 5.63. The smallest absolute Gasteiger partial charge is 0.248 e. The van der Waals surface area contributed by atoms with Crippen LogP contribution in [0.25, 0.3) is 0 Å². The molecule has 0 unspecified atom stereocenters. The number of morpholine rings is 1. The summed E-state index contributed by atoms with van der Waals surface area (Å²) >= 11 is 0. The lowest BCUT2D eigenvalue weighted by Crippen LogP contribution is -2.61. The minimum Gasteiger partial charge on any atom is -0.378 e. The van der Waals surface area contributed by atoms with Gasteiger partial charge in [-0.05, 0) is 31.0 Å². The molecule has 1 aromatic rings. The number of hydroxylamine groups is 1. The quantitative estimate of drug-likeness (QED) is 0.409. The summed E-state index contributed by atoms with van der Waals surface area (Å²) in [5.74, 6) is -1.50. The summed E-state index contributed by atoms with van der Waals surface area (Å²) in [6.07, 6.45) is 0.675. The first-order valence-electron chi connectivity index (χ1n) is 11.7. The van der Waals surface area contributed by atoms with Crippen molar-refractivity contribution >= 4 is 23.4 Å². The van der Waals surface area contributed by atoms with E-state index in [9.17, 15) is 19.6 Å². The molecule has 3 aliphatic rings. The maximum absolute atomic E-state index is 13.3. The van der Waals surface area contributed by atoms with Gasteiger partial charge in [0.15, 0.2) is 0 Å². The molecule has 1 aromatic carbocycles. The zero-order valence-corrected chi connectivity index (χ0v) is 18.8. The average Bonchev–Trinajstić information content (AvgIpc) is 2.89. The molecule has 180 valence electrons. The number of para-hydroxylation sites is 1. The fourth-order valence-electron chi connectivity index (χ4n) is 4.98. The van der Waals surface area contributed by atoms with Crippen molar-refractivity contribution in [3.63, 3.8) is 0 Å². The first kappa shape index (κ1) is 23.5. The number of piperazine rings is 1. The third-order valence-corrected chi connectivity index (χ3v) is 6.87. The standard InChI is InChI=1S/C23H33N5O5/c29-20(27-10-12-33-13-11-27)15-17-14-19(22(30)25-32)21(24-16-17)23(31)28-8-6-26(7-9-28)18-4-2-1-3-5-18/h1-5,17,19,21,24,32H,6-16H2,(H,25,30)/t17-,19-,21-/m1/s1. The maximum Gasteiger partial charge on any atom is 0.248 e. The highest BCUT2D eigenvalue weighted by Crippen LogP contribution is 2.27. The number of carbonyl (C=O) groups is 3. The number of hydrogen-bond donors (Lipinski definition) is 3.